The zero-order valence-corrected chi connectivity index (χ0v) is 18.6. The van der Waals surface area contributed by atoms with Crippen LogP contribution in [0, 0.1) is 0 Å². The molecule has 1 heterocycles. The molecule has 7 nitrogen and oxygen atoms in total. The smallest absolute Gasteiger partial charge is 0.322 e. The zero-order valence-electron chi connectivity index (χ0n) is 18.6. The lowest BCUT2D eigenvalue weighted by atomic mass is 9.87. The Morgan fingerprint density at radius 3 is 2.66 bits per heavy atom. The Bertz CT molecular complexity index is 1010. The number of carbonyl (C=O) groups excluding carboxylic acids is 3. The molecular formula is C25H30N4O3. The van der Waals surface area contributed by atoms with Crippen LogP contribution >= 0.6 is 0 Å². The van der Waals surface area contributed by atoms with Crippen molar-refractivity contribution in [2.45, 2.75) is 50.6 Å². The number of benzene rings is 2. The van der Waals surface area contributed by atoms with Gasteiger partial charge in [0.25, 0.3) is 11.8 Å². The lowest BCUT2D eigenvalue weighted by Gasteiger charge is -2.33. The van der Waals surface area contributed by atoms with Gasteiger partial charge in [-0.25, -0.2) is 4.79 Å². The first kappa shape index (κ1) is 22.0. The summed E-state index contributed by atoms with van der Waals surface area (Å²) < 4.78 is 0. The van der Waals surface area contributed by atoms with E-state index in [9.17, 15) is 14.4 Å². The highest BCUT2D eigenvalue weighted by atomic mass is 16.2. The molecule has 2 aromatic carbocycles. The van der Waals surface area contributed by atoms with Crippen LogP contribution in [0.5, 0.6) is 0 Å². The number of nitrogens with one attached hydrogen (secondary N) is 2. The van der Waals surface area contributed by atoms with Gasteiger partial charge in [0, 0.05) is 6.04 Å². The van der Waals surface area contributed by atoms with Crippen LogP contribution in [0.3, 0.4) is 0 Å². The quantitative estimate of drug-likeness (QED) is 0.657. The predicted octanol–water partition coefficient (Wildman–Crippen LogP) is 2.97. The average molecular weight is 435 g/mol. The fourth-order valence-electron chi connectivity index (χ4n) is 4.68. The molecule has 168 valence electrons. The number of hydrazine groups is 1. The lowest BCUT2D eigenvalue weighted by Crippen LogP contribution is -2.51. The van der Waals surface area contributed by atoms with Gasteiger partial charge in [0.1, 0.15) is 5.54 Å². The topological polar surface area (TPSA) is 81.8 Å². The fourth-order valence-corrected chi connectivity index (χ4v) is 4.68. The first-order chi connectivity index (χ1) is 15.4. The molecule has 0 aromatic heterocycles. The van der Waals surface area contributed by atoms with Gasteiger partial charge in [-0.2, -0.15) is 5.01 Å². The van der Waals surface area contributed by atoms with Gasteiger partial charge in [-0.15, -0.1) is 0 Å². The molecule has 0 saturated carbocycles. The maximum absolute atomic E-state index is 13.0. The van der Waals surface area contributed by atoms with Crippen LogP contribution in [0.2, 0.25) is 0 Å². The first-order valence-corrected chi connectivity index (χ1v) is 11.2. The summed E-state index contributed by atoms with van der Waals surface area (Å²) in [5, 5.41) is 3.57. The highest BCUT2D eigenvalue weighted by Crippen LogP contribution is 2.33. The number of imide groups is 1. The maximum atomic E-state index is 13.0. The van der Waals surface area contributed by atoms with E-state index in [-0.39, 0.29) is 18.5 Å². The van der Waals surface area contributed by atoms with Crippen molar-refractivity contribution >= 4 is 17.8 Å². The van der Waals surface area contributed by atoms with Gasteiger partial charge in [0.15, 0.2) is 0 Å². The van der Waals surface area contributed by atoms with Crippen LogP contribution in [-0.2, 0) is 22.4 Å². The second-order valence-corrected chi connectivity index (χ2v) is 8.95. The van der Waals surface area contributed by atoms with E-state index in [1.165, 1.54) is 11.1 Å². The van der Waals surface area contributed by atoms with Crippen LogP contribution in [0.4, 0.5) is 4.79 Å². The fraction of sp³-hybridized carbons (Fsp3) is 0.400. The lowest BCUT2D eigenvalue weighted by molar-refractivity contribution is -0.139. The Balaban J connectivity index is 1.36. The van der Waals surface area contributed by atoms with Crippen molar-refractivity contribution in [3.8, 4) is 0 Å². The number of rotatable bonds is 7. The summed E-state index contributed by atoms with van der Waals surface area (Å²) in [6, 6.07) is 17.7. The molecule has 2 aliphatic rings. The molecule has 0 spiro atoms. The van der Waals surface area contributed by atoms with Gasteiger partial charge in [-0.05, 0) is 62.8 Å². The van der Waals surface area contributed by atoms with Gasteiger partial charge in [-0.3, -0.25) is 19.9 Å². The number of urea groups is 1. The van der Waals surface area contributed by atoms with Crippen LogP contribution < -0.4 is 10.7 Å². The van der Waals surface area contributed by atoms with Gasteiger partial charge >= 0.3 is 6.03 Å². The number of aryl methyl sites for hydroxylation is 2. The Kier molecular flexibility index (Phi) is 6.28. The van der Waals surface area contributed by atoms with Crippen molar-refractivity contribution in [1.82, 2.24) is 20.7 Å². The van der Waals surface area contributed by atoms with E-state index in [1.54, 1.807) is 6.92 Å². The van der Waals surface area contributed by atoms with Crippen LogP contribution in [0.15, 0.2) is 54.6 Å². The third-order valence-corrected chi connectivity index (χ3v) is 6.52. The number of hydrogen-bond acceptors (Lipinski definition) is 4. The molecule has 1 fully saturated rings. The summed E-state index contributed by atoms with van der Waals surface area (Å²) >= 11 is 0. The highest BCUT2D eigenvalue weighted by molar-refractivity contribution is 6.07. The summed E-state index contributed by atoms with van der Waals surface area (Å²) in [5.74, 6) is -0.816. The second-order valence-electron chi connectivity index (χ2n) is 8.95. The third-order valence-electron chi connectivity index (χ3n) is 6.52. The van der Waals surface area contributed by atoms with Gasteiger partial charge < -0.3 is 5.32 Å². The van der Waals surface area contributed by atoms with Crippen molar-refractivity contribution in [3.63, 3.8) is 0 Å². The van der Waals surface area contributed by atoms with Crippen molar-refractivity contribution in [2.75, 3.05) is 13.6 Å². The van der Waals surface area contributed by atoms with E-state index in [0.717, 1.165) is 29.8 Å². The van der Waals surface area contributed by atoms with E-state index in [4.69, 9.17) is 0 Å². The van der Waals surface area contributed by atoms with Crippen LogP contribution in [0.25, 0.3) is 0 Å². The largest absolute Gasteiger partial charge is 0.344 e. The molecular weight excluding hydrogens is 404 g/mol. The van der Waals surface area contributed by atoms with E-state index in [0.29, 0.717) is 12.8 Å². The number of amides is 4. The number of carbonyl (C=O) groups is 3. The third kappa shape index (κ3) is 4.53. The van der Waals surface area contributed by atoms with E-state index < -0.39 is 17.5 Å². The molecule has 2 atom stereocenters. The van der Waals surface area contributed by atoms with E-state index >= 15 is 0 Å². The van der Waals surface area contributed by atoms with Crippen LogP contribution in [-0.4, -0.2) is 46.9 Å². The standard InChI is InChI=1S/C25H30N4O3/c1-25(16-15-18-9-4-3-5-10-18)23(31)29(24(32)26-25)27-22(30)17-28(2)21-14-8-12-19-11-6-7-13-20(19)21/h3-7,9-11,13,21H,8,12,14-17H2,1-2H3,(H,26,32)(H,27,30)/t21-,25+/m1/s1. The SMILES string of the molecule is CN(CC(=O)NN1C(=O)N[C@@](C)(CCc2ccccc2)C1=O)[C@@H]1CCCc2ccccc21. The second kappa shape index (κ2) is 9.12. The first-order valence-electron chi connectivity index (χ1n) is 11.2. The molecule has 0 bridgehead atoms. The number of likely N-dealkylation sites (N-methyl/N-ethyl adjacent to an activating group) is 1. The van der Waals surface area contributed by atoms with E-state index in [2.05, 4.69) is 22.9 Å². The highest BCUT2D eigenvalue weighted by Gasteiger charge is 2.48. The molecule has 4 amide bonds. The van der Waals surface area contributed by atoms with E-state index in [1.807, 2.05) is 54.4 Å². The molecule has 1 aliphatic heterocycles. The normalized spacial score (nSPS) is 22.6. The monoisotopic (exact) mass is 434 g/mol. The Labute approximate surface area is 188 Å². The molecule has 4 rings (SSSR count). The molecule has 1 saturated heterocycles. The molecule has 32 heavy (non-hydrogen) atoms. The maximum Gasteiger partial charge on any atom is 0.344 e. The summed E-state index contributed by atoms with van der Waals surface area (Å²) in [6.45, 7) is 1.80. The average Bonchev–Trinajstić information content (AvgIpc) is 3.01. The molecule has 0 radical (unpaired) electrons. The Morgan fingerprint density at radius 2 is 1.88 bits per heavy atom. The number of nitrogens with zero attached hydrogens (tertiary/aromatic N) is 2. The minimum absolute atomic E-state index is 0.0940. The minimum Gasteiger partial charge on any atom is -0.322 e. The number of fused-ring (bicyclic) bond motifs is 1. The summed E-state index contributed by atoms with van der Waals surface area (Å²) in [6.07, 6.45) is 4.19. The summed E-state index contributed by atoms with van der Waals surface area (Å²) in [7, 11) is 1.90. The van der Waals surface area contributed by atoms with Gasteiger partial charge in [-0.1, -0.05) is 54.6 Å². The van der Waals surface area contributed by atoms with Crippen molar-refractivity contribution in [2.24, 2.45) is 0 Å². The Morgan fingerprint density at radius 1 is 1.16 bits per heavy atom. The van der Waals surface area contributed by atoms with Crippen molar-refractivity contribution in [1.29, 1.82) is 0 Å². The number of hydrogen-bond donors (Lipinski definition) is 2. The van der Waals surface area contributed by atoms with Crippen molar-refractivity contribution < 1.29 is 14.4 Å². The molecule has 7 heteroatoms. The predicted molar refractivity (Wildman–Crippen MR) is 121 cm³/mol. The molecule has 2 N–H and O–H groups in total. The minimum atomic E-state index is -1.05. The van der Waals surface area contributed by atoms with Gasteiger partial charge in [0.2, 0.25) is 0 Å². The summed E-state index contributed by atoms with van der Waals surface area (Å²) in [4.78, 5) is 40.1. The molecule has 1 aliphatic carbocycles. The Hall–Kier alpha value is -3.19. The zero-order chi connectivity index (χ0) is 22.7. The van der Waals surface area contributed by atoms with Gasteiger partial charge in [0.05, 0.1) is 6.54 Å². The van der Waals surface area contributed by atoms with Crippen molar-refractivity contribution in [3.05, 3.63) is 71.3 Å². The summed E-state index contributed by atoms with van der Waals surface area (Å²) in [5.41, 5.74) is 5.13. The van der Waals surface area contributed by atoms with Crippen LogP contribution in [0.1, 0.15) is 48.9 Å². The molecule has 0 unspecified atom stereocenters. The molecule has 2 aromatic rings.